The van der Waals surface area contributed by atoms with Gasteiger partial charge in [-0.3, -0.25) is 4.28 Å². The van der Waals surface area contributed by atoms with E-state index in [4.69, 9.17) is 4.28 Å². The average molecular weight is 448 g/mol. The van der Waals surface area contributed by atoms with Crippen molar-refractivity contribution < 1.29 is 12.7 Å². The van der Waals surface area contributed by atoms with E-state index in [-0.39, 0.29) is 0 Å². The van der Waals surface area contributed by atoms with E-state index in [0.717, 1.165) is 36.0 Å². The van der Waals surface area contributed by atoms with E-state index >= 15 is 0 Å². The maximum Gasteiger partial charge on any atom is 0.402 e. The highest BCUT2D eigenvalue weighted by Crippen LogP contribution is 2.32. The predicted molar refractivity (Wildman–Crippen MR) is 124 cm³/mol. The molecule has 1 aliphatic rings. The van der Waals surface area contributed by atoms with Gasteiger partial charge < -0.3 is 0 Å². The predicted octanol–water partition coefficient (Wildman–Crippen LogP) is 5.37. The Labute approximate surface area is 184 Å². The van der Waals surface area contributed by atoms with Crippen LogP contribution in [0.5, 0.6) is 0 Å². The lowest BCUT2D eigenvalue weighted by Crippen LogP contribution is -2.25. The van der Waals surface area contributed by atoms with E-state index in [1.54, 1.807) is 11.5 Å². The van der Waals surface area contributed by atoms with Crippen LogP contribution in [-0.4, -0.2) is 20.0 Å². The number of nitriles is 1. The standard InChI is InChI=1S/C22H29N3O3S2/c1-4-5-6-7-8-9-13-24-30(26,27)28-25-22-20(12-14-29-22)21(16-23)19-11-10-17(2)15-18(19)3/h10-12,14-15,24H,4-9,13H2,1-3H3/b21-20+,25-22-. The summed E-state index contributed by atoms with van der Waals surface area (Å²) >= 11 is 1.22. The number of hydrogen-bond donors (Lipinski definition) is 1. The van der Waals surface area contributed by atoms with Gasteiger partial charge in [-0.25, -0.2) is 0 Å². The number of hydrogen-bond acceptors (Lipinski definition) is 6. The van der Waals surface area contributed by atoms with Gasteiger partial charge >= 0.3 is 10.3 Å². The Hall–Kier alpha value is -2.08. The summed E-state index contributed by atoms with van der Waals surface area (Å²) in [5.74, 6) is 0. The fraction of sp³-hybridized carbons (Fsp3) is 0.455. The smallest absolute Gasteiger partial charge is 0.255 e. The second-order valence-corrected chi connectivity index (χ2v) is 9.47. The molecule has 0 spiro atoms. The second kappa shape index (κ2) is 11.9. The zero-order valence-corrected chi connectivity index (χ0v) is 19.4. The molecule has 0 atom stereocenters. The number of nitrogens with zero attached hydrogens (tertiary/aromatic N) is 2. The van der Waals surface area contributed by atoms with E-state index in [1.807, 2.05) is 32.0 Å². The molecule has 0 unspecified atom stereocenters. The first kappa shape index (κ1) is 24.2. The number of unbranched alkanes of at least 4 members (excludes halogenated alkanes) is 5. The number of aryl methyl sites for hydroxylation is 2. The van der Waals surface area contributed by atoms with Gasteiger partial charge in [0.15, 0.2) is 5.04 Å². The third-order valence-corrected chi connectivity index (χ3v) is 6.32. The van der Waals surface area contributed by atoms with Gasteiger partial charge in [0, 0.05) is 12.1 Å². The number of rotatable bonds is 11. The van der Waals surface area contributed by atoms with Crippen molar-refractivity contribution in [3.8, 4) is 6.07 Å². The summed E-state index contributed by atoms with van der Waals surface area (Å²) in [7, 11) is -3.98. The Morgan fingerprint density at radius 3 is 2.63 bits per heavy atom. The first-order valence-electron chi connectivity index (χ1n) is 10.2. The van der Waals surface area contributed by atoms with Crippen molar-refractivity contribution in [1.29, 1.82) is 5.26 Å². The summed E-state index contributed by atoms with van der Waals surface area (Å²) in [5, 5.41) is 15.6. The molecule has 0 saturated carbocycles. The van der Waals surface area contributed by atoms with E-state index in [0.29, 0.717) is 22.7 Å². The van der Waals surface area contributed by atoms with E-state index in [1.165, 1.54) is 31.0 Å². The second-order valence-electron chi connectivity index (χ2n) is 7.23. The third-order valence-electron chi connectivity index (χ3n) is 4.70. The molecule has 1 N–H and O–H groups in total. The number of allylic oxidation sites excluding steroid dienone is 2. The Kier molecular flexibility index (Phi) is 9.63. The number of thioether (sulfide) groups is 1. The van der Waals surface area contributed by atoms with Gasteiger partial charge in [-0.1, -0.05) is 79.7 Å². The summed E-state index contributed by atoms with van der Waals surface area (Å²) in [4.78, 5) is 0. The lowest BCUT2D eigenvalue weighted by atomic mass is 9.96. The van der Waals surface area contributed by atoms with Crippen molar-refractivity contribution in [3.05, 3.63) is 51.9 Å². The maximum absolute atomic E-state index is 12.1. The van der Waals surface area contributed by atoms with Crippen LogP contribution in [0.1, 0.15) is 62.1 Å². The average Bonchev–Trinajstić information content (AvgIpc) is 3.16. The van der Waals surface area contributed by atoms with Gasteiger partial charge in [0.25, 0.3) is 0 Å². The van der Waals surface area contributed by atoms with Gasteiger partial charge in [-0.05, 0) is 42.9 Å². The largest absolute Gasteiger partial charge is 0.402 e. The van der Waals surface area contributed by atoms with E-state index < -0.39 is 10.3 Å². The highest BCUT2D eigenvalue weighted by Gasteiger charge is 2.21. The van der Waals surface area contributed by atoms with Crippen molar-refractivity contribution in [2.45, 2.75) is 59.3 Å². The Balaban J connectivity index is 2.04. The Morgan fingerprint density at radius 2 is 1.93 bits per heavy atom. The summed E-state index contributed by atoms with van der Waals surface area (Å²) in [6.07, 6.45) is 8.16. The van der Waals surface area contributed by atoms with Gasteiger partial charge in [-0.15, -0.1) is 0 Å². The van der Waals surface area contributed by atoms with Crippen LogP contribution >= 0.6 is 11.8 Å². The lowest BCUT2D eigenvalue weighted by molar-refractivity contribution is 0.331. The fourth-order valence-electron chi connectivity index (χ4n) is 3.13. The van der Waals surface area contributed by atoms with Crippen molar-refractivity contribution >= 4 is 32.7 Å². The van der Waals surface area contributed by atoms with Gasteiger partial charge in [0.05, 0.1) is 5.57 Å². The molecule has 1 aromatic rings. The van der Waals surface area contributed by atoms with Crippen LogP contribution in [-0.2, 0) is 14.6 Å². The van der Waals surface area contributed by atoms with Crippen molar-refractivity contribution in [1.82, 2.24) is 4.72 Å². The first-order valence-corrected chi connectivity index (χ1v) is 12.5. The molecule has 8 heteroatoms. The first-order chi connectivity index (χ1) is 14.4. The molecule has 0 aromatic heterocycles. The minimum atomic E-state index is -3.98. The molecule has 30 heavy (non-hydrogen) atoms. The summed E-state index contributed by atoms with van der Waals surface area (Å²) in [5.41, 5.74) is 3.86. The maximum atomic E-state index is 12.1. The highest BCUT2D eigenvalue weighted by atomic mass is 32.2. The fourth-order valence-corrected chi connectivity index (χ4v) is 4.51. The number of nitrogens with one attached hydrogen (secondary N) is 1. The SMILES string of the molecule is CCCCCCCCNS(=O)(=O)O/N=C1\SC=C\C1=C(\C#N)c1ccc(C)cc1C. The summed E-state index contributed by atoms with van der Waals surface area (Å²) < 4.78 is 31.4. The molecule has 1 aromatic carbocycles. The van der Waals surface area contributed by atoms with Crippen LogP contribution < -0.4 is 4.72 Å². The third kappa shape index (κ3) is 7.31. The van der Waals surface area contributed by atoms with Crippen LogP contribution in [0, 0.1) is 25.2 Å². The van der Waals surface area contributed by atoms with Crippen molar-refractivity contribution in [3.63, 3.8) is 0 Å². The van der Waals surface area contributed by atoms with Crippen LogP contribution in [0.4, 0.5) is 0 Å². The van der Waals surface area contributed by atoms with E-state index in [9.17, 15) is 13.7 Å². The van der Waals surface area contributed by atoms with Crippen molar-refractivity contribution in [2.24, 2.45) is 5.16 Å². The van der Waals surface area contributed by atoms with Gasteiger partial charge in [0.2, 0.25) is 0 Å². The number of oxime groups is 1. The van der Waals surface area contributed by atoms with E-state index in [2.05, 4.69) is 22.9 Å². The van der Waals surface area contributed by atoms with Crippen LogP contribution in [0.3, 0.4) is 0 Å². The number of benzene rings is 1. The van der Waals surface area contributed by atoms with Crippen LogP contribution in [0.25, 0.3) is 5.57 Å². The van der Waals surface area contributed by atoms with Crippen molar-refractivity contribution in [2.75, 3.05) is 6.54 Å². The molecular weight excluding hydrogens is 418 g/mol. The zero-order chi connectivity index (χ0) is 22.0. The molecule has 0 fully saturated rings. The minimum absolute atomic E-state index is 0.319. The molecule has 6 nitrogen and oxygen atoms in total. The topological polar surface area (TPSA) is 91.6 Å². The normalized spacial score (nSPS) is 16.7. The molecule has 1 heterocycles. The molecule has 0 aliphatic carbocycles. The molecule has 0 saturated heterocycles. The molecular formula is C22H29N3O3S2. The monoisotopic (exact) mass is 447 g/mol. The molecule has 0 radical (unpaired) electrons. The van der Waals surface area contributed by atoms with Crippen LogP contribution in [0.15, 0.2) is 40.4 Å². The quantitative estimate of drug-likeness (QED) is 0.280. The van der Waals surface area contributed by atoms with Gasteiger partial charge in [0.1, 0.15) is 6.07 Å². The summed E-state index contributed by atoms with van der Waals surface area (Å²) in [6.45, 7) is 6.41. The Bertz CT molecular complexity index is 974. The minimum Gasteiger partial charge on any atom is -0.255 e. The van der Waals surface area contributed by atoms with Gasteiger partial charge in [-0.2, -0.15) is 18.4 Å². The molecule has 1 aliphatic heterocycles. The Morgan fingerprint density at radius 1 is 1.20 bits per heavy atom. The molecule has 2 rings (SSSR count). The highest BCUT2D eigenvalue weighted by molar-refractivity contribution is 8.17. The lowest BCUT2D eigenvalue weighted by Gasteiger charge is -2.09. The van der Waals surface area contributed by atoms with Crippen LogP contribution in [0.2, 0.25) is 0 Å². The molecule has 162 valence electrons. The molecule has 0 bridgehead atoms. The zero-order valence-electron chi connectivity index (χ0n) is 17.8. The summed E-state index contributed by atoms with van der Waals surface area (Å²) in [6, 6.07) is 8.06. The molecule has 0 amide bonds.